The van der Waals surface area contributed by atoms with Crippen LogP contribution in [0.1, 0.15) is 46.6 Å². The summed E-state index contributed by atoms with van der Waals surface area (Å²) in [5, 5.41) is 5.66. The van der Waals surface area contributed by atoms with Gasteiger partial charge in [-0.1, -0.05) is 23.4 Å². The fourth-order valence-corrected chi connectivity index (χ4v) is 2.08. The molecule has 1 rings (SSSR count). The Kier molecular flexibility index (Phi) is 7.19. The molecule has 134 valence electrons. The summed E-state index contributed by atoms with van der Waals surface area (Å²) in [5.74, 6) is 0.739. The van der Waals surface area contributed by atoms with Gasteiger partial charge in [-0.15, -0.1) is 0 Å². The third kappa shape index (κ3) is 7.94. The highest BCUT2D eigenvalue weighted by Crippen LogP contribution is 2.24. The maximum atomic E-state index is 11.6. The predicted molar refractivity (Wildman–Crippen MR) is 94.4 cm³/mol. The van der Waals surface area contributed by atoms with Crippen molar-refractivity contribution in [3.8, 4) is 5.75 Å². The molecule has 6 heteroatoms. The molecular weight excluding hydrogens is 308 g/mol. The van der Waals surface area contributed by atoms with Crippen molar-refractivity contribution in [2.45, 2.75) is 58.7 Å². The quantitative estimate of drug-likeness (QED) is 0.573. The summed E-state index contributed by atoms with van der Waals surface area (Å²) in [7, 11) is 0. The summed E-state index contributed by atoms with van der Waals surface area (Å²) in [6.45, 7) is 9.75. The maximum absolute atomic E-state index is 11.6. The molecule has 0 saturated carbocycles. The van der Waals surface area contributed by atoms with Crippen molar-refractivity contribution in [3.05, 3.63) is 34.7 Å². The van der Waals surface area contributed by atoms with Crippen LogP contribution in [0.4, 0.5) is 4.79 Å². The molecule has 24 heavy (non-hydrogen) atoms. The van der Waals surface area contributed by atoms with E-state index in [1.165, 1.54) is 0 Å². The summed E-state index contributed by atoms with van der Waals surface area (Å²) in [6, 6.07) is 7.69. The van der Waals surface area contributed by atoms with Gasteiger partial charge in [0.25, 0.3) is 0 Å². The maximum Gasteiger partial charge on any atom is 0.407 e. The number of carbonyl (C=O) groups is 1. The van der Waals surface area contributed by atoms with E-state index in [1.54, 1.807) is 0 Å². The van der Waals surface area contributed by atoms with Crippen LogP contribution in [-0.4, -0.2) is 30.4 Å². The number of nitroso groups, excluding NO2 is 1. The lowest BCUT2D eigenvalue weighted by molar-refractivity contribution is 0.0527. The van der Waals surface area contributed by atoms with Gasteiger partial charge in [0.05, 0.1) is 0 Å². The van der Waals surface area contributed by atoms with Crippen LogP contribution >= 0.6 is 0 Å². The number of benzene rings is 1. The molecule has 0 saturated heterocycles. The largest absolute Gasteiger partial charge is 0.486 e. The zero-order chi connectivity index (χ0) is 18.2. The normalized spacial score (nSPS) is 11.7. The predicted octanol–water partition coefficient (Wildman–Crippen LogP) is 4.07. The van der Waals surface area contributed by atoms with E-state index in [0.29, 0.717) is 6.54 Å². The number of para-hydroxylation sites is 1. The van der Waals surface area contributed by atoms with Crippen molar-refractivity contribution in [3.63, 3.8) is 0 Å². The van der Waals surface area contributed by atoms with E-state index >= 15 is 0 Å². The number of hydrogen-bond donors (Lipinski definition) is 1. The fourth-order valence-electron chi connectivity index (χ4n) is 2.08. The first-order valence-corrected chi connectivity index (χ1v) is 8.16. The van der Waals surface area contributed by atoms with Gasteiger partial charge in [0.15, 0.2) is 0 Å². The van der Waals surface area contributed by atoms with E-state index in [4.69, 9.17) is 9.47 Å². The number of aryl methyl sites for hydroxylation is 1. The van der Waals surface area contributed by atoms with Gasteiger partial charge in [0.2, 0.25) is 0 Å². The van der Waals surface area contributed by atoms with Gasteiger partial charge in [-0.05, 0) is 59.1 Å². The van der Waals surface area contributed by atoms with Crippen LogP contribution in [0.3, 0.4) is 0 Å². The molecule has 0 aliphatic carbocycles. The van der Waals surface area contributed by atoms with Gasteiger partial charge in [-0.25, -0.2) is 4.79 Å². The molecule has 0 atom stereocenters. The molecule has 0 aliphatic rings. The molecule has 0 spiro atoms. The average Bonchev–Trinajstić information content (AvgIpc) is 2.42. The van der Waals surface area contributed by atoms with Crippen molar-refractivity contribution in [2.75, 3.05) is 13.1 Å². The zero-order valence-corrected chi connectivity index (χ0v) is 15.2. The zero-order valence-electron chi connectivity index (χ0n) is 15.2. The Labute approximate surface area is 143 Å². The highest BCUT2D eigenvalue weighted by molar-refractivity contribution is 5.67. The summed E-state index contributed by atoms with van der Waals surface area (Å²) < 4.78 is 11.1. The molecule has 0 aliphatic heterocycles. The average molecular weight is 336 g/mol. The van der Waals surface area contributed by atoms with Crippen molar-refractivity contribution in [1.29, 1.82) is 0 Å². The van der Waals surface area contributed by atoms with Crippen LogP contribution in [0.5, 0.6) is 5.75 Å². The van der Waals surface area contributed by atoms with Crippen LogP contribution in [0.15, 0.2) is 29.4 Å². The van der Waals surface area contributed by atoms with E-state index in [-0.39, 0.29) is 6.54 Å². The molecule has 1 aromatic rings. The Balaban J connectivity index is 2.51. The molecule has 0 unspecified atom stereocenters. The standard InChI is InChI=1S/C18H28N2O4/c1-17(2,3)24-16(21)19-12-8-10-14-9-6-7-11-15(14)23-18(4,5)13-20-22/h6-7,9,11H,8,10,12-13H2,1-5H3,(H,19,21). The van der Waals surface area contributed by atoms with Crippen molar-refractivity contribution in [1.82, 2.24) is 5.32 Å². The molecule has 0 fully saturated rings. The number of nitrogens with zero attached hydrogens (tertiary/aromatic N) is 1. The first-order chi connectivity index (χ1) is 11.1. The molecule has 1 amide bonds. The van der Waals surface area contributed by atoms with E-state index in [9.17, 15) is 9.70 Å². The van der Waals surface area contributed by atoms with Gasteiger partial charge < -0.3 is 14.8 Å². The molecule has 0 heterocycles. The van der Waals surface area contributed by atoms with Gasteiger partial charge in [-0.2, -0.15) is 4.91 Å². The van der Waals surface area contributed by atoms with E-state index in [1.807, 2.05) is 58.9 Å². The summed E-state index contributed by atoms with van der Waals surface area (Å²) >= 11 is 0. The smallest absolute Gasteiger partial charge is 0.407 e. The molecule has 0 aromatic heterocycles. The van der Waals surface area contributed by atoms with Gasteiger partial charge in [0, 0.05) is 6.54 Å². The number of hydrogen-bond acceptors (Lipinski definition) is 5. The second kappa shape index (κ2) is 8.66. The topological polar surface area (TPSA) is 77.0 Å². The number of ether oxygens (including phenoxy) is 2. The van der Waals surface area contributed by atoms with E-state index in [2.05, 4.69) is 10.5 Å². The van der Waals surface area contributed by atoms with Crippen molar-refractivity contribution >= 4 is 6.09 Å². The number of amides is 1. The number of alkyl carbamates (subject to hydrolysis) is 1. The summed E-state index contributed by atoms with van der Waals surface area (Å²) in [4.78, 5) is 22.1. The first-order valence-electron chi connectivity index (χ1n) is 8.16. The second-order valence-electron chi connectivity index (χ2n) is 7.29. The first kappa shape index (κ1) is 19.9. The fraction of sp³-hybridized carbons (Fsp3) is 0.611. The van der Waals surface area contributed by atoms with Crippen LogP contribution in [-0.2, 0) is 11.2 Å². The molecule has 1 N–H and O–H groups in total. The lowest BCUT2D eigenvalue weighted by atomic mass is 10.1. The second-order valence-corrected chi connectivity index (χ2v) is 7.29. The monoisotopic (exact) mass is 336 g/mol. The van der Waals surface area contributed by atoms with Gasteiger partial charge in [-0.3, -0.25) is 0 Å². The van der Waals surface area contributed by atoms with Crippen LogP contribution < -0.4 is 10.1 Å². The van der Waals surface area contributed by atoms with Crippen LogP contribution in [0.2, 0.25) is 0 Å². The highest BCUT2D eigenvalue weighted by atomic mass is 16.6. The summed E-state index contributed by atoms with van der Waals surface area (Å²) in [5.41, 5.74) is -0.113. The molecular formula is C18H28N2O4. The molecule has 0 bridgehead atoms. The lowest BCUT2D eigenvalue weighted by Crippen LogP contribution is -2.33. The Bertz CT molecular complexity index is 550. The van der Waals surface area contributed by atoms with Crippen molar-refractivity contribution < 1.29 is 14.3 Å². The minimum atomic E-state index is -0.646. The molecule has 1 aromatic carbocycles. The van der Waals surface area contributed by atoms with Crippen molar-refractivity contribution in [2.24, 2.45) is 5.18 Å². The minimum absolute atomic E-state index is 0.0849. The Morgan fingerprint density at radius 2 is 1.83 bits per heavy atom. The minimum Gasteiger partial charge on any atom is -0.486 e. The van der Waals surface area contributed by atoms with Gasteiger partial charge >= 0.3 is 6.09 Å². The Morgan fingerprint density at radius 3 is 2.46 bits per heavy atom. The van der Waals surface area contributed by atoms with E-state index < -0.39 is 17.3 Å². The molecule has 0 radical (unpaired) electrons. The molecule has 6 nitrogen and oxygen atoms in total. The Morgan fingerprint density at radius 1 is 1.17 bits per heavy atom. The summed E-state index contributed by atoms with van der Waals surface area (Å²) in [6.07, 6.45) is 1.09. The SMILES string of the molecule is CC(C)(C)OC(=O)NCCCc1ccccc1OC(C)(C)CN=O. The highest BCUT2D eigenvalue weighted by Gasteiger charge is 2.21. The van der Waals surface area contributed by atoms with Crippen LogP contribution in [0.25, 0.3) is 0 Å². The number of nitrogens with one attached hydrogen (secondary N) is 1. The van der Waals surface area contributed by atoms with E-state index in [0.717, 1.165) is 24.2 Å². The van der Waals surface area contributed by atoms with Gasteiger partial charge in [0.1, 0.15) is 23.5 Å². The Hall–Kier alpha value is -2.11. The number of rotatable bonds is 8. The third-order valence-corrected chi connectivity index (χ3v) is 3.10. The lowest BCUT2D eigenvalue weighted by Gasteiger charge is -2.25. The number of carbonyl (C=O) groups excluding carboxylic acids is 1. The third-order valence-electron chi connectivity index (χ3n) is 3.10. The van der Waals surface area contributed by atoms with Crippen LogP contribution in [0, 0.1) is 4.91 Å².